The third-order valence-electron chi connectivity index (χ3n) is 4.94. The first-order valence-electron chi connectivity index (χ1n) is 10.3. The lowest BCUT2D eigenvalue weighted by Gasteiger charge is -2.19. The molecule has 0 atom stereocenters. The number of amides is 2. The van der Waals surface area contributed by atoms with E-state index in [-0.39, 0.29) is 10.8 Å². The molecule has 0 saturated carbocycles. The molecule has 3 N–H and O–H groups in total. The van der Waals surface area contributed by atoms with E-state index in [2.05, 4.69) is 15.7 Å². The smallest absolute Gasteiger partial charge is 0.323 e. The number of hydrogen-bond acceptors (Lipinski definition) is 6. The summed E-state index contributed by atoms with van der Waals surface area (Å²) in [6.07, 6.45) is 1.74. The summed E-state index contributed by atoms with van der Waals surface area (Å²) in [6.45, 7) is 0.347. The summed E-state index contributed by atoms with van der Waals surface area (Å²) in [5.41, 5.74) is 2.29. The molecule has 2 amide bonds. The highest BCUT2D eigenvalue weighted by Crippen LogP contribution is 2.33. The van der Waals surface area contributed by atoms with Gasteiger partial charge in [-0.1, -0.05) is 18.2 Å². The Labute approximate surface area is 201 Å². The van der Waals surface area contributed by atoms with Gasteiger partial charge >= 0.3 is 6.03 Å². The Kier molecular flexibility index (Phi) is 6.96. The fourth-order valence-corrected chi connectivity index (χ4v) is 5.80. The SMILES string of the molecule is CN(c1ccc(NC(=O)Nc2ccccc2)cc1)S(=O)(=O)c1ccc(-c2ccn(CCO)n2)s1. The van der Waals surface area contributed by atoms with Gasteiger partial charge in [0.1, 0.15) is 9.90 Å². The topological polar surface area (TPSA) is 117 Å². The zero-order valence-electron chi connectivity index (χ0n) is 18.2. The van der Waals surface area contributed by atoms with Gasteiger partial charge in [-0.2, -0.15) is 5.10 Å². The van der Waals surface area contributed by atoms with Gasteiger partial charge in [-0.25, -0.2) is 13.2 Å². The second-order valence-electron chi connectivity index (χ2n) is 7.27. The van der Waals surface area contributed by atoms with Crippen LogP contribution in [0.5, 0.6) is 0 Å². The number of aliphatic hydroxyl groups is 1. The van der Waals surface area contributed by atoms with E-state index in [1.165, 1.54) is 11.4 Å². The maximum absolute atomic E-state index is 13.1. The Balaban J connectivity index is 1.44. The molecule has 34 heavy (non-hydrogen) atoms. The maximum atomic E-state index is 13.1. The lowest BCUT2D eigenvalue weighted by Crippen LogP contribution is -2.25. The minimum absolute atomic E-state index is 0.0258. The average Bonchev–Trinajstić information content (AvgIpc) is 3.50. The number of rotatable bonds is 8. The van der Waals surface area contributed by atoms with Crippen molar-refractivity contribution in [3.05, 3.63) is 79.0 Å². The molecule has 0 unspecified atom stereocenters. The van der Waals surface area contributed by atoms with Crippen molar-refractivity contribution in [2.45, 2.75) is 10.8 Å². The number of hydrogen-bond donors (Lipinski definition) is 3. The normalized spacial score (nSPS) is 11.2. The van der Waals surface area contributed by atoms with Crippen molar-refractivity contribution in [1.29, 1.82) is 0 Å². The van der Waals surface area contributed by atoms with Gasteiger partial charge in [0.15, 0.2) is 0 Å². The predicted molar refractivity (Wildman–Crippen MR) is 134 cm³/mol. The minimum atomic E-state index is -3.78. The molecule has 2 heterocycles. The summed E-state index contributed by atoms with van der Waals surface area (Å²) >= 11 is 1.13. The van der Waals surface area contributed by atoms with Gasteiger partial charge < -0.3 is 15.7 Å². The number of sulfonamides is 1. The van der Waals surface area contributed by atoms with Crippen LogP contribution >= 0.6 is 11.3 Å². The second-order valence-corrected chi connectivity index (χ2v) is 10.6. The highest BCUT2D eigenvalue weighted by atomic mass is 32.2. The lowest BCUT2D eigenvalue weighted by atomic mass is 10.3. The third kappa shape index (κ3) is 5.28. The Morgan fingerprint density at radius 1 is 1.00 bits per heavy atom. The van der Waals surface area contributed by atoms with Gasteiger partial charge in [0, 0.05) is 24.6 Å². The molecule has 0 spiro atoms. The van der Waals surface area contributed by atoms with Gasteiger partial charge in [0.25, 0.3) is 10.0 Å². The summed E-state index contributed by atoms with van der Waals surface area (Å²) in [5.74, 6) is 0. The van der Waals surface area contributed by atoms with Crippen LogP contribution in [0.4, 0.5) is 21.9 Å². The number of para-hydroxylation sites is 1. The van der Waals surface area contributed by atoms with Crippen molar-refractivity contribution in [3.63, 3.8) is 0 Å². The van der Waals surface area contributed by atoms with Crippen molar-refractivity contribution in [3.8, 4) is 10.6 Å². The number of aliphatic hydroxyl groups excluding tert-OH is 1. The first kappa shape index (κ1) is 23.5. The molecule has 9 nitrogen and oxygen atoms in total. The van der Waals surface area contributed by atoms with Gasteiger partial charge in [-0.15, -0.1) is 11.3 Å². The molecule has 0 saturated heterocycles. The molecule has 0 aliphatic heterocycles. The van der Waals surface area contributed by atoms with Gasteiger partial charge in [-0.3, -0.25) is 8.99 Å². The first-order chi connectivity index (χ1) is 16.4. The number of aromatic nitrogens is 2. The molecule has 0 aliphatic rings. The molecule has 0 radical (unpaired) electrons. The zero-order valence-corrected chi connectivity index (χ0v) is 19.9. The number of nitrogens with zero attached hydrogens (tertiary/aromatic N) is 3. The highest BCUT2D eigenvalue weighted by Gasteiger charge is 2.24. The quantitative estimate of drug-likeness (QED) is 0.339. The molecule has 0 aliphatic carbocycles. The number of thiophene rings is 1. The molecule has 0 bridgehead atoms. The van der Waals surface area contributed by atoms with Crippen molar-refractivity contribution in [2.75, 3.05) is 28.6 Å². The van der Waals surface area contributed by atoms with Crippen molar-refractivity contribution >= 4 is 44.5 Å². The van der Waals surface area contributed by atoms with Crippen molar-refractivity contribution in [1.82, 2.24) is 9.78 Å². The molecule has 2 aromatic heterocycles. The molecule has 4 aromatic rings. The number of carbonyl (C=O) groups excluding carboxylic acids is 1. The van der Waals surface area contributed by atoms with E-state index in [9.17, 15) is 13.2 Å². The van der Waals surface area contributed by atoms with E-state index in [1.54, 1.807) is 65.5 Å². The van der Waals surface area contributed by atoms with Crippen LogP contribution in [0.2, 0.25) is 0 Å². The molecular weight excluding hydrogens is 474 g/mol. The van der Waals surface area contributed by atoms with Crippen molar-refractivity contribution in [2.24, 2.45) is 0 Å². The highest BCUT2D eigenvalue weighted by molar-refractivity contribution is 7.94. The van der Waals surface area contributed by atoms with E-state index in [0.717, 1.165) is 11.3 Å². The van der Waals surface area contributed by atoms with Crippen molar-refractivity contribution < 1.29 is 18.3 Å². The Morgan fingerprint density at radius 2 is 1.68 bits per heavy atom. The Morgan fingerprint density at radius 3 is 2.35 bits per heavy atom. The first-order valence-corrected chi connectivity index (χ1v) is 12.6. The molecule has 11 heteroatoms. The summed E-state index contributed by atoms with van der Waals surface area (Å²) in [7, 11) is -2.30. The average molecular weight is 498 g/mol. The molecular formula is C23H23N5O4S2. The maximum Gasteiger partial charge on any atom is 0.323 e. The second kappa shape index (κ2) is 10.1. The summed E-state index contributed by atoms with van der Waals surface area (Å²) in [5, 5.41) is 18.8. The standard InChI is InChI=1S/C23H23N5O4S2/c1-27(19-9-7-18(8-10-19)25-23(30)24-17-5-3-2-4-6-17)34(31,32)22-12-11-21(33-22)20-13-14-28(26-20)15-16-29/h2-14,29H,15-16H2,1H3,(H2,24,25,30). The van der Waals surface area contributed by atoms with Crippen LogP contribution in [0.15, 0.2) is 83.2 Å². The van der Waals surface area contributed by atoms with Gasteiger partial charge in [-0.05, 0) is 54.6 Å². The van der Waals surface area contributed by atoms with Crippen LogP contribution in [0.1, 0.15) is 0 Å². The van der Waals surface area contributed by atoms with E-state index in [1.807, 2.05) is 18.2 Å². The van der Waals surface area contributed by atoms with Crippen LogP contribution in [0.25, 0.3) is 10.6 Å². The van der Waals surface area contributed by atoms with E-state index in [4.69, 9.17) is 5.11 Å². The third-order valence-corrected chi connectivity index (χ3v) is 8.30. The number of urea groups is 1. The molecule has 176 valence electrons. The number of benzene rings is 2. The monoisotopic (exact) mass is 497 g/mol. The largest absolute Gasteiger partial charge is 0.394 e. The minimum Gasteiger partial charge on any atom is -0.394 e. The van der Waals surface area contributed by atoms with Crippen LogP contribution in [-0.4, -0.2) is 43.0 Å². The number of nitrogens with one attached hydrogen (secondary N) is 2. The fourth-order valence-electron chi connectivity index (χ4n) is 3.16. The van der Waals surface area contributed by atoms with Gasteiger partial charge in [0.05, 0.1) is 23.7 Å². The predicted octanol–water partition coefficient (Wildman–Crippen LogP) is 4.07. The summed E-state index contributed by atoms with van der Waals surface area (Å²) in [6, 6.07) is 20.2. The van der Waals surface area contributed by atoms with Crippen LogP contribution < -0.4 is 14.9 Å². The van der Waals surface area contributed by atoms with E-state index < -0.39 is 16.1 Å². The summed E-state index contributed by atoms with van der Waals surface area (Å²) in [4.78, 5) is 12.9. The van der Waals surface area contributed by atoms with Crippen LogP contribution in [0, 0.1) is 0 Å². The van der Waals surface area contributed by atoms with Crippen LogP contribution in [-0.2, 0) is 16.6 Å². The lowest BCUT2D eigenvalue weighted by molar-refractivity contribution is 0.262. The number of anilines is 3. The van der Waals surface area contributed by atoms with E-state index >= 15 is 0 Å². The number of carbonyl (C=O) groups is 1. The summed E-state index contributed by atoms with van der Waals surface area (Å²) < 4.78 is 29.3. The zero-order chi connectivity index (χ0) is 24.1. The molecule has 0 fully saturated rings. The molecule has 2 aromatic carbocycles. The Bertz CT molecular complexity index is 1370. The van der Waals surface area contributed by atoms with Crippen LogP contribution in [0.3, 0.4) is 0 Å². The Hall–Kier alpha value is -3.67. The molecule has 4 rings (SSSR count). The fraction of sp³-hybridized carbons (Fsp3) is 0.130. The van der Waals surface area contributed by atoms with Gasteiger partial charge in [0.2, 0.25) is 0 Å². The van der Waals surface area contributed by atoms with E-state index in [0.29, 0.717) is 34.2 Å².